The Balaban J connectivity index is 1.67. The molecule has 0 saturated heterocycles. The molecule has 1 atom stereocenters. The van der Waals surface area contributed by atoms with E-state index in [2.05, 4.69) is 6.07 Å². The second-order valence-corrected chi connectivity index (χ2v) is 8.21. The summed E-state index contributed by atoms with van der Waals surface area (Å²) >= 11 is 1.26. The summed E-state index contributed by atoms with van der Waals surface area (Å²) in [5.74, 6) is 0. The van der Waals surface area contributed by atoms with Crippen molar-refractivity contribution in [2.24, 2.45) is 5.73 Å². The molecular weight excluding hydrogens is 402 g/mol. The van der Waals surface area contributed by atoms with Gasteiger partial charge in [-0.15, -0.1) is 0 Å². The van der Waals surface area contributed by atoms with Gasteiger partial charge in [-0.05, 0) is 51.7 Å². The quantitative estimate of drug-likeness (QED) is 0.225. The number of rotatable bonds is 5. The molecule has 0 aliphatic rings. The lowest BCUT2D eigenvalue weighted by atomic mass is 9.96. The summed E-state index contributed by atoms with van der Waals surface area (Å²) in [6, 6.07) is 30.8. The van der Waals surface area contributed by atoms with Crippen molar-refractivity contribution in [3.63, 3.8) is 0 Å². The predicted molar refractivity (Wildman–Crippen MR) is 128 cm³/mol. The number of nitrogens with zero attached hydrogens (tertiary/aromatic N) is 1. The molecule has 0 aliphatic carbocycles. The van der Waals surface area contributed by atoms with Gasteiger partial charge in [-0.25, -0.2) is 0 Å². The van der Waals surface area contributed by atoms with Gasteiger partial charge < -0.3 is 16.6 Å². The molecule has 152 valence electrons. The van der Waals surface area contributed by atoms with Crippen LogP contribution in [0.5, 0.6) is 0 Å². The topological polar surface area (TPSA) is 96.1 Å². The van der Waals surface area contributed by atoms with E-state index in [1.807, 2.05) is 78.9 Å². The van der Waals surface area contributed by atoms with Crippen molar-refractivity contribution in [3.05, 3.63) is 113 Å². The van der Waals surface area contributed by atoms with Crippen molar-refractivity contribution < 1.29 is 5.11 Å². The predicted octanol–water partition coefficient (Wildman–Crippen LogP) is 5.45. The number of nitriles is 1. The number of hydrogen-bond acceptors (Lipinski definition) is 5. The molecular formula is C26H21N3OS. The highest BCUT2D eigenvalue weighted by Gasteiger charge is 2.15. The zero-order valence-corrected chi connectivity index (χ0v) is 17.5. The molecule has 0 fully saturated rings. The van der Waals surface area contributed by atoms with Crippen LogP contribution >= 0.6 is 11.8 Å². The number of fused-ring (bicyclic) bond motifs is 1. The summed E-state index contributed by atoms with van der Waals surface area (Å²) in [7, 11) is 0. The SMILES string of the molecule is N#C/C(=C(/N)Sc1ccccc1N)c1cccc(C(O)c2ccc3ccccc3c2)c1. The monoisotopic (exact) mass is 423 g/mol. The maximum atomic E-state index is 11.0. The van der Waals surface area contributed by atoms with Crippen molar-refractivity contribution in [2.75, 3.05) is 5.73 Å². The van der Waals surface area contributed by atoms with Crippen LogP contribution in [0.25, 0.3) is 16.3 Å². The number of anilines is 1. The van der Waals surface area contributed by atoms with Gasteiger partial charge in [-0.3, -0.25) is 0 Å². The minimum atomic E-state index is -0.817. The molecule has 5 N–H and O–H groups in total. The lowest BCUT2D eigenvalue weighted by Gasteiger charge is -2.14. The summed E-state index contributed by atoms with van der Waals surface area (Å²) in [5.41, 5.74) is 15.4. The summed E-state index contributed by atoms with van der Waals surface area (Å²) in [6.07, 6.45) is -0.817. The first kappa shape index (κ1) is 20.5. The summed E-state index contributed by atoms with van der Waals surface area (Å²) in [4.78, 5) is 0.792. The zero-order chi connectivity index (χ0) is 21.8. The van der Waals surface area contributed by atoms with Crippen LogP contribution < -0.4 is 11.5 Å². The van der Waals surface area contributed by atoms with Gasteiger partial charge in [-0.1, -0.05) is 78.5 Å². The van der Waals surface area contributed by atoms with Crippen molar-refractivity contribution in [1.82, 2.24) is 0 Å². The number of hydrogen-bond donors (Lipinski definition) is 3. The lowest BCUT2D eigenvalue weighted by molar-refractivity contribution is 0.220. The summed E-state index contributed by atoms with van der Waals surface area (Å²) < 4.78 is 0. The first-order chi connectivity index (χ1) is 15.1. The Bertz CT molecular complexity index is 1320. The number of nitrogens with two attached hydrogens (primary N) is 2. The molecule has 31 heavy (non-hydrogen) atoms. The average molecular weight is 424 g/mol. The molecule has 0 saturated carbocycles. The Kier molecular flexibility index (Phi) is 5.94. The van der Waals surface area contributed by atoms with Gasteiger partial charge >= 0.3 is 0 Å². The molecule has 4 aromatic rings. The molecule has 4 nitrogen and oxygen atoms in total. The Morgan fingerprint density at radius 1 is 0.839 bits per heavy atom. The number of benzene rings is 4. The number of thioether (sulfide) groups is 1. The number of nitrogen functional groups attached to an aromatic ring is 1. The van der Waals surface area contributed by atoms with E-state index in [-0.39, 0.29) is 0 Å². The van der Waals surface area contributed by atoms with E-state index in [9.17, 15) is 10.4 Å². The van der Waals surface area contributed by atoms with Gasteiger partial charge in [0.1, 0.15) is 12.2 Å². The van der Waals surface area contributed by atoms with Gasteiger partial charge in [0.2, 0.25) is 0 Å². The van der Waals surface area contributed by atoms with Crippen LogP contribution in [0.3, 0.4) is 0 Å². The number of aliphatic hydroxyl groups is 1. The third kappa shape index (κ3) is 4.41. The van der Waals surface area contributed by atoms with E-state index < -0.39 is 6.10 Å². The van der Waals surface area contributed by atoms with E-state index in [1.165, 1.54) is 11.8 Å². The molecule has 0 bridgehead atoms. The molecule has 0 aromatic heterocycles. The first-order valence-electron chi connectivity index (χ1n) is 9.76. The van der Waals surface area contributed by atoms with Crippen molar-refractivity contribution >= 4 is 33.8 Å². The highest BCUT2D eigenvalue weighted by molar-refractivity contribution is 8.03. The van der Waals surface area contributed by atoms with Crippen molar-refractivity contribution in [3.8, 4) is 6.07 Å². The molecule has 4 aromatic carbocycles. The molecule has 0 aliphatic heterocycles. The van der Waals surface area contributed by atoms with Crippen LogP contribution in [-0.4, -0.2) is 5.11 Å². The fraction of sp³-hybridized carbons (Fsp3) is 0.0385. The van der Waals surface area contributed by atoms with Crippen molar-refractivity contribution in [2.45, 2.75) is 11.0 Å². The zero-order valence-electron chi connectivity index (χ0n) is 16.7. The fourth-order valence-corrected chi connectivity index (χ4v) is 4.27. The minimum Gasteiger partial charge on any atom is -0.398 e. The third-order valence-electron chi connectivity index (χ3n) is 5.08. The van der Waals surface area contributed by atoms with Gasteiger partial charge in [-0.2, -0.15) is 5.26 Å². The normalized spacial score (nSPS) is 12.8. The largest absolute Gasteiger partial charge is 0.398 e. The number of para-hydroxylation sites is 1. The Hall–Kier alpha value is -3.72. The maximum Gasteiger partial charge on any atom is 0.104 e. The number of allylic oxidation sites excluding steroid dienone is 1. The van der Waals surface area contributed by atoms with Crippen LogP contribution in [0.2, 0.25) is 0 Å². The summed E-state index contributed by atoms with van der Waals surface area (Å²) in [5, 5.41) is 23.3. The fourth-order valence-electron chi connectivity index (χ4n) is 3.44. The Morgan fingerprint density at radius 3 is 2.32 bits per heavy atom. The second kappa shape index (κ2) is 8.97. The first-order valence-corrected chi connectivity index (χ1v) is 10.6. The van der Waals surface area contributed by atoms with Crippen LogP contribution in [0.4, 0.5) is 5.69 Å². The molecule has 0 amide bonds. The third-order valence-corrected chi connectivity index (χ3v) is 6.09. The van der Waals surface area contributed by atoms with Gasteiger partial charge in [0.15, 0.2) is 0 Å². The highest BCUT2D eigenvalue weighted by atomic mass is 32.2. The number of aliphatic hydroxyl groups excluding tert-OH is 1. The Morgan fingerprint density at radius 2 is 1.55 bits per heavy atom. The molecule has 4 rings (SSSR count). The molecule has 5 heteroatoms. The van der Waals surface area contributed by atoms with Crippen molar-refractivity contribution in [1.29, 1.82) is 5.26 Å². The average Bonchev–Trinajstić information content (AvgIpc) is 2.80. The van der Waals surface area contributed by atoms with Gasteiger partial charge in [0, 0.05) is 10.6 Å². The molecule has 0 radical (unpaired) electrons. The van der Waals surface area contributed by atoms with Crippen LogP contribution in [0.15, 0.2) is 101 Å². The molecule has 0 spiro atoms. The highest BCUT2D eigenvalue weighted by Crippen LogP contribution is 2.34. The van der Waals surface area contributed by atoms with E-state index in [4.69, 9.17) is 11.5 Å². The van der Waals surface area contributed by atoms with E-state index >= 15 is 0 Å². The van der Waals surface area contributed by atoms with Crippen LogP contribution in [-0.2, 0) is 0 Å². The lowest BCUT2D eigenvalue weighted by Crippen LogP contribution is -2.02. The summed E-state index contributed by atoms with van der Waals surface area (Å²) in [6.45, 7) is 0. The van der Waals surface area contributed by atoms with Gasteiger partial charge in [0.05, 0.1) is 10.6 Å². The van der Waals surface area contributed by atoms with Gasteiger partial charge in [0.25, 0.3) is 0 Å². The molecule has 1 unspecified atom stereocenters. The van der Waals surface area contributed by atoms with E-state index in [0.29, 0.717) is 27.4 Å². The smallest absolute Gasteiger partial charge is 0.104 e. The second-order valence-electron chi connectivity index (χ2n) is 7.13. The van der Waals surface area contributed by atoms with E-state index in [1.54, 1.807) is 12.1 Å². The van der Waals surface area contributed by atoms with Crippen LogP contribution in [0, 0.1) is 11.3 Å². The Labute approximate surface area is 185 Å². The minimum absolute atomic E-state index is 0.348. The maximum absolute atomic E-state index is 11.0. The van der Waals surface area contributed by atoms with E-state index in [0.717, 1.165) is 21.2 Å². The standard InChI is InChI=1S/C26H21N3OS/c27-16-22(26(29)31-24-11-4-3-10-23(24)28)19-8-5-9-20(15-19)25(30)21-13-12-17-6-1-2-7-18(17)14-21/h1-15,25,30H,28-29H2/b26-22+. The van der Waals surface area contributed by atoms with Crippen LogP contribution in [0.1, 0.15) is 22.8 Å². The molecule has 0 heterocycles.